The van der Waals surface area contributed by atoms with Crippen molar-refractivity contribution in [1.82, 2.24) is 10.2 Å². The Labute approximate surface area is 114 Å². The molecule has 0 aromatic heterocycles. The standard InChI is InChI=1S/C15H23FN2O/c16-15-5-3-4-14(12-15)13-17-6-1-2-7-18-8-10-19-11-9-18/h3-5,12,17H,1-2,6-11,13H2. The fourth-order valence-electron chi connectivity index (χ4n) is 2.29. The Morgan fingerprint density at radius 1 is 1.21 bits per heavy atom. The predicted molar refractivity (Wildman–Crippen MR) is 74.6 cm³/mol. The molecule has 0 atom stereocenters. The van der Waals surface area contributed by atoms with E-state index in [9.17, 15) is 4.39 Å². The van der Waals surface area contributed by atoms with E-state index in [0.717, 1.165) is 57.9 Å². The average Bonchev–Trinajstić information content (AvgIpc) is 2.44. The first-order chi connectivity index (χ1) is 9.34. The van der Waals surface area contributed by atoms with Crippen molar-refractivity contribution in [1.29, 1.82) is 0 Å². The Hall–Kier alpha value is -0.970. The lowest BCUT2D eigenvalue weighted by atomic mass is 10.2. The zero-order valence-corrected chi connectivity index (χ0v) is 11.4. The molecule has 1 N–H and O–H groups in total. The molecule has 106 valence electrons. The van der Waals surface area contributed by atoms with Gasteiger partial charge in [0.25, 0.3) is 0 Å². The lowest BCUT2D eigenvalue weighted by Gasteiger charge is -2.26. The fraction of sp³-hybridized carbons (Fsp3) is 0.600. The second kappa shape index (κ2) is 8.25. The summed E-state index contributed by atoms with van der Waals surface area (Å²) >= 11 is 0. The molecule has 0 bridgehead atoms. The van der Waals surface area contributed by atoms with Gasteiger partial charge in [-0.05, 0) is 43.6 Å². The Bertz CT molecular complexity index is 367. The zero-order valence-electron chi connectivity index (χ0n) is 11.4. The summed E-state index contributed by atoms with van der Waals surface area (Å²) in [6, 6.07) is 6.77. The molecule has 0 aliphatic carbocycles. The number of unbranched alkanes of at least 4 members (excludes halogenated alkanes) is 1. The Kier molecular flexibility index (Phi) is 6.27. The van der Waals surface area contributed by atoms with Crippen molar-refractivity contribution in [2.45, 2.75) is 19.4 Å². The van der Waals surface area contributed by atoms with Crippen molar-refractivity contribution >= 4 is 0 Å². The van der Waals surface area contributed by atoms with E-state index >= 15 is 0 Å². The zero-order chi connectivity index (χ0) is 13.3. The number of hydrogen-bond acceptors (Lipinski definition) is 3. The van der Waals surface area contributed by atoms with Crippen LogP contribution in [0.4, 0.5) is 4.39 Å². The van der Waals surface area contributed by atoms with Crippen LogP contribution in [-0.2, 0) is 11.3 Å². The van der Waals surface area contributed by atoms with E-state index in [4.69, 9.17) is 4.74 Å². The normalized spacial score (nSPS) is 16.7. The van der Waals surface area contributed by atoms with Crippen LogP contribution in [-0.4, -0.2) is 44.3 Å². The Morgan fingerprint density at radius 2 is 2.05 bits per heavy atom. The molecule has 19 heavy (non-hydrogen) atoms. The van der Waals surface area contributed by atoms with Gasteiger partial charge in [-0.15, -0.1) is 0 Å². The number of benzene rings is 1. The van der Waals surface area contributed by atoms with Gasteiger partial charge in [0, 0.05) is 19.6 Å². The molecule has 0 unspecified atom stereocenters. The average molecular weight is 266 g/mol. The van der Waals surface area contributed by atoms with E-state index in [0.29, 0.717) is 0 Å². The molecule has 1 heterocycles. The third kappa shape index (κ3) is 5.68. The van der Waals surface area contributed by atoms with Crippen LogP contribution in [0.25, 0.3) is 0 Å². The van der Waals surface area contributed by atoms with E-state index in [1.807, 2.05) is 6.07 Å². The summed E-state index contributed by atoms with van der Waals surface area (Å²) in [5, 5.41) is 3.36. The highest BCUT2D eigenvalue weighted by molar-refractivity contribution is 5.15. The van der Waals surface area contributed by atoms with Crippen molar-refractivity contribution < 1.29 is 9.13 Å². The van der Waals surface area contributed by atoms with Crippen molar-refractivity contribution in [3.05, 3.63) is 35.6 Å². The molecule has 1 aliphatic heterocycles. The predicted octanol–water partition coefficient (Wildman–Crippen LogP) is 2.03. The molecule has 0 saturated carbocycles. The second-order valence-electron chi connectivity index (χ2n) is 4.97. The third-order valence-corrected chi connectivity index (χ3v) is 3.40. The number of morpholine rings is 1. The highest BCUT2D eigenvalue weighted by Gasteiger charge is 2.08. The number of rotatable bonds is 7. The molecule has 1 aromatic rings. The van der Waals surface area contributed by atoms with Gasteiger partial charge >= 0.3 is 0 Å². The molecule has 0 amide bonds. The minimum absolute atomic E-state index is 0.161. The van der Waals surface area contributed by atoms with Gasteiger partial charge in [0.05, 0.1) is 13.2 Å². The summed E-state index contributed by atoms with van der Waals surface area (Å²) < 4.78 is 18.3. The van der Waals surface area contributed by atoms with E-state index < -0.39 is 0 Å². The van der Waals surface area contributed by atoms with Crippen molar-refractivity contribution in [2.24, 2.45) is 0 Å². The first kappa shape index (κ1) is 14.4. The Balaban J connectivity index is 1.50. The molecule has 0 spiro atoms. The molecular weight excluding hydrogens is 243 g/mol. The van der Waals surface area contributed by atoms with Crippen LogP contribution in [0, 0.1) is 5.82 Å². The lowest BCUT2D eigenvalue weighted by molar-refractivity contribution is 0.0372. The minimum atomic E-state index is -0.161. The van der Waals surface area contributed by atoms with E-state index in [2.05, 4.69) is 10.2 Å². The van der Waals surface area contributed by atoms with Gasteiger partial charge in [-0.1, -0.05) is 12.1 Å². The molecule has 0 radical (unpaired) electrons. The smallest absolute Gasteiger partial charge is 0.123 e. The van der Waals surface area contributed by atoms with Crippen LogP contribution >= 0.6 is 0 Å². The summed E-state index contributed by atoms with van der Waals surface area (Å²) in [7, 11) is 0. The summed E-state index contributed by atoms with van der Waals surface area (Å²) in [6.07, 6.45) is 2.36. The molecule has 1 aliphatic rings. The summed E-state index contributed by atoms with van der Waals surface area (Å²) in [6.45, 7) is 6.77. The van der Waals surface area contributed by atoms with Gasteiger partial charge in [-0.3, -0.25) is 4.90 Å². The maximum absolute atomic E-state index is 13.0. The highest BCUT2D eigenvalue weighted by Crippen LogP contribution is 2.03. The summed E-state index contributed by atoms with van der Waals surface area (Å²) in [4.78, 5) is 2.45. The minimum Gasteiger partial charge on any atom is -0.379 e. The van der Waals surface area contributed by atoms with Gasteiger partial charge < -0.3 is 10.1 Å². The van der Waals surface area contributed by atoms with Crippen LogP contribution in [0.3, 0.4) is 0 Å². The van der Waals surface area contributed by atoms with Crippen molar-refractivity contribution in [3.8, 4) is 0 Å². The van der Waals surface area contributed by atoms with Crippen LogP contribution in [0.2, 0.25) is 0 Å². The molecule has 1 fully saturated rings. The number of halogens is 1. The van der Waals surface area contributed by atoms with Crippen molar-refractivity contribution in [3.63, 3.8) is 0 Å². The van der Waals surface area contributed by atoms with Gasteiger partial charge in [-0.25, -0.2) is 4.39 Å². The fourth-order valence-corrected chi connectivity index (χ4v) is 2.29. The first-order valence-corrected chi connectivity index (χ1v) is 7.10. The first-order valence-electron chi connectivity index (χ1n) is 7.10. The van der Waals surface area contributed by atoms with Crippen LogP contribution in [0.1, 0.15) is 18.4 Å². The van der Waals surface area contributed by atoms with E-state index in [1.165, 1.54) is 12.5 Å². The number of hydrogen-bond donors (Lipinski definition) is 1. The Morgan fingerprint density at radius 3 is 2.84 bits per heavy atom. The highest BCUT2D eigenvalue weighted by atomic mass is 19.1. The van der Waals surface area contributed by atoms with Gasteiger partial charge in [0.15, 0.2) is 0 Å². The van der Waals surface area contributed by atoms with E-state index in [1.54, 1.807) is 12.1 Å². The summed E-state index contributed by atoms with van der Waals surface area (Å²) in [5.74, 6) is -0.161. The number of nitrogens with one attached hydrogen (secondary N) is 1. The topological polar surface area (TPSA) is 24.5 Å². The maximum atomic E-state index is 13.0. The third-order valence-electron chi connectivity index (χ3n) is 3.40. The second-order valence-corrected chi connectivity index (χ2v) is 4.97. The van der Waals surface area contributed by atoms with Gasteiger partial charge in [0.2, 0.25) is 0 Å². The molecular formula is C15H23FN2O. The van der Waals surface area contributed by atoms with Gasteiger partial charge in [0.1, 0.15) is 5.82 Å². The molecule has 1 saturated heterocycles. The van der Waals surface area contributed by atoms with Crippen LogP contribution in [0.5, 0.6) is 0 Å². The number of ether oxygens (including phenoxy) is 1. The molecule has 2 rings (SSSR count). The van der Waals surface area contributed by atoms with Crippen LogP contribution < -0.4 is 5.32 Å². The van der Waals surface area contributed by atoms with Crippen LogP contribution in [0.15, 0.2) is 24.3 Å². The molecule has 1 aromatic carbocycles. The van der Waals surface area contributed by atoms with Crippen molar-refractivity contribution in [2.75, 3.05) is 39.4 Å². The lowest BCUT2D eigenvalue weighted by Crippen LogP contribution is -2.37. The quantitative estimate of drug-likeness (QED) is 0.764. The largest absolute Gasteiger partial charge is 0.379 e. The van der Waals surface area contributed by atoms with E-state index in [-0.39, 0.29) is 5.82 Å². The maximum Gasteiger partial charge on any atom is 0.123 e. The SMILES string of the molecule is Fc1cccc(CNCCCCN2CCOCC2)c1. The monoisotopic (exact) mass is 266 g/mol. The summed E-state index contributed by atoms with van der Waals surface area (Å²) in [5.41, 5.74) is 1.01. The molecule has 4 heteroatoms. The number of nitrogens with zero attached hydrogens (tertiary/aromatic N) is 1. The molecule has 3 nitrogen and oxygen atoms in total. The van der Waals surface area contributed by atoms with Gasteiger partial charge in [-0.2, -0.15) is 0 Å².